The summed E-state index contributed by atoms with van der Waals surface area (Å²) < 4.78 is 5.32. The van der Waals surface area contributed by atoms with Gasteiger partial charge in [-0.2, -0.15) is 0 Å². The standard InChI is InChI=1S/C28H42ClN5O3/c1-32-11-3-4-20(18-32)5-6-27(35)34-14-7-21(8-15-34)19-33-12-9-22(10-13-33)31-28(36)23-16-24(29)25(30)17-26(23)37-2/h5-6,16-17,20-22H,3-4,7-15,18-19,30H2,1-2H3,(H,31,36)/b6-5+. The smallest absolute Gasteiger partial charge is 0.255 e. The van der Waals surface area contributed by atoms with Crippen molar-refractivity contribution in [3.05, 3.63) is 34.9 Å². The molecular weight excluding hydrogens is 490 g/mol. The third-order valence-corrected chi connectivity index (χ3v) is 8.43. The number of likely N-dealkylation sites (tertiary alicyclic amines) is 3. The van der Waals surface area contributed by atoms with Crippen LogP contribution in [0, 0.1) is 11.8 Å². The van der Waals surface area contributed by atoms with E-state index in [1.807, 2.05) is 11.0 Å². The molecule has 0 bridgehead atoms. The Bertz CT molecular complexity index is 971. The number of benzene rings is 1. The summed E-state index contributed by atoms with van der Waals surface area (Å²) in [7, 11) is 3.67. The molecule has 3 saturated heterocycles. The van der Waals surface area contributed by atoms with Gasteiger partial charge in [-0.3, -0.25) is 9.59 Å². The van der Waals surface area contributed by atoms with Gasteiger partial charge in [-0.25, -0.2) is 0 Å². The molecule has 0 aromatic heterocycles. The number of hydrogen-bond acceptors (Lipinski definition) is 6. The average molecular weight is 532 g/mol. The van der Waals surface area contributed by atoms with E-state index in [-0.39, 0.29) is 17.9 Å². The van der Waals surface area contributed by atoms with Crippen molar-refractivity contribution in [2.45, 2.75) is 44.6 Å². The van der Waals surface area contributed by atoms with E-state index in [1.165, 1.54) is 20.0 Å². The number of nitrogen functional groups attached to an aromatic ring is 1. The molecule has 0 aliphatic carbocycles. The maximum atomic E-state index is 12.8. The molecule has 3 N–H and O–H groups in total. The van der Waals surface area contributed by atoms with E-state index in [9.17, 15) is 9.59 Å². The van der Waals surface area contributed by atoms with Crippen LogP contribution in [0.4, 0.5) is 5.69 Å². The van der Waals surface area contributed by atoms with Crippen LogP contribution in [0.25, 0.3) is 0 Å². The molecule has 4 rings (SSSR count). The molecule has 9 heteroatoms. The zero-order valence-corrected chi connectivity index (χ0v) is 23.0. The third-order valence-electron chi connectivity index (χ3n) is 8.10. The maximum Gasteiger partial charge on any atom is 0.255 e. The minimum Gasteiger partial charge on any atom is -0.496 e. The van der Waals surface area contributed by atoms with Gasteiger partial charge in [-0.05, 0) is 76.1 Å². The van der Waals surface area contributed by atoms with Crippen LogP contribution >= 0.6 is 11.6 Å². The van der Waals surface area contributed by atoms with Crippen LogP contribution in [0.5, 0.6) is 5.75 Å². The quantitative estimate of drug-likeness (QED) is 0.414. The summed E-state index contributed by atoms with van der Waals surface area (Å²) in [6, 6.07) is 3.28. The first-order valence-electron chi connectivity index (χ1n) is 13.6. The van der Waals surface area contributed by atoms with Crippen molar-refractivity contribution in [2.75, 3.05) is 65.7 Å². The molecule has 3 aliphatic rings. The lowest BCUT2D eigenvalue weighted by atomic mass is 9.94. The van der Waals surface area contributed by atoms with Crippen LogP contribution in [0.1, 0.15) is 48.9 Å². The largest absolute Gasteiger partial charge is 0.496 e. The van der Waals surface area contributed by atoms with Gasteiger partial charge in [-0.1, -0.05) is 17.7 Å². The molecule has 3 heterocycles. The number of nitrogens with one attached hydrogen (secondary N) is 1. The van der Waals surface area contributed by atoms with Crippen molar-refractivity contribution >= 4 is 29.1 Å². The Balaban J connectivity index is 1.16. The number of carbonyl (C=O) groups excluding carboxylic acids is 2. The normalized spacial score (nSPS) is 22.9. The lowest BCUT2D eigenvalue weighted by Gasteiger charge is -2.37. The number of halogens is 1. The first-order valence-corrected chi connectivity index (χ1v) is 14.0. The fourth-order valence-electron chi connectivity index (χ4n) is 5.83. The maximum absolute atomic E-state index is 12.8. The highest BCUT2D eigenvalue weighted by Crippen LogP contribution is 2.29. The number of anilines is 1. The van der Waals surface area contributed by atoms with Crippen LogP contribution in [0.2, 0.25) is 5.02 Å². The van der Waals surface area contributed by atoms with Gasteiger partial charge in [0.2, 0.25) is 5.91 Å². The molecular formula is C28H42ClN5O3. The van der Waals surface area contributed by atoms with Gasteiger partial charge >= 0.3 is 0 Å². The molecule has 1 aromatic carbocycles. The van der Waals surface area contributed by atoms with Gasteiger partial charge in [0.05, 0.1) is 23.4 Å². The van der Waals surface area contributed by atoms with Crippen molar-refractivity contribution in [1.82, 2.24) is 20.0 Å². The van der Waals surface area contributed by atoms with E-state index in [0.29, 0.717) is 33.9 Å². The number of rotatable bonds is 7. The molecule has 2 amide bonds. The number of nitrogens with zero attached hydrogens (tertiary/aromatic N) is 3. The highest BCUT2D eigenvalue weighted by molar-refractivity contribution is 6.33. The Morgan fingerprint density at radius 2 is 1.84 bits per heavy atom. The lowest BCUT2D eigenvalue weighted by Crippen LogP contribution is -2.47. The molecule has 1 aromatic rings. The minimum atomic E-state index is -0.182. The molecule has 0 radical (unpaired) electrons. The zero-order valence-electron chi connectivity index (χ0n) is 22.3. The highest BCUT2D eigenvalue weighted by atomic mass is 35.5. The topological polar surface area (TPSA) is 91.1 Å². The number of nitrogens with two attached hydrogens (primary N) is 1. The fourth-order valence-corrected chi connectivity index (χ4v) is 5.99. The average Bonchev–Trinajstić information content (AvgIpc) is 2.90. The Hall–Kier alpha value is -2.29. The molecule has 37 heavy (non-hydrogen) atoms. The predicted octanol–water partition coefficient (Wildman–Crippen LogP) is 3.26. The van der Waals surface area contributed by atoms with E-state index >= 15 is 0 Å². The summed E-state index contributed by atoms with van der Waals surface area (Å²) >= 11 is 6.13. The van der Waals surface area contributed by atoms with Crippen LogP contribution in [-0.4, -0.2) is 92.5 Å². The molecule has 0 saturated carbocycles. The van der Waals surface area contributed by atoms with Crippen molar-refractivity contribution in [3.8, 4) is 5.75 Å². The Morgan fingerprint density at radius 1 is 1.11 bits per heavy atom. The van der Waals surface area contributed by atoms with Crippen molar-refractivity contribution < 1.29 is 14.3 Å². The second-order valence-electron chi connectivity index (χ2n) is 10.9. The Kier molecular flexibility index (Phi) is 9.73. The second-order valence-corrected chi connectivity index (χ2v) is 11.3. The van der Waals surface area contributed by atoms with E-state index < -0.39 is 0 Å². The number of methoxy groups -OCH3 is 1. The molecule has 0 spiro atoms. The van der Waals surface area contributed by atoms with Crippen LogP contribution in [0.15, 0.2) is 24.3 Å². The molecule has 1 unspecified atom stereocenters. The summed E-state index contributed by atoms with van der Waals surface area (Å²) in [4.78, 5) is 32.4. The molecule has 3 aliphatic heterocycles. The van der Waals surface area contributed by atoms with Gasteiger partial charge in [0.1, 0.15) is 5.75 Å². The third kappa shape index (κ3) is 7.62. The molecule has 3 fully saturated rings. The summed E-state index contributed by atoms with van der Waals surface area (Å²) in [5.74, 6) is 1.53. The van der Waals surface area contributed by atoms with Crippen molar-refractivity contribution in [3.63, 3.8) is 0 Å². The Morgan fingerprint density at radius 3 is 2.51 bits per heavy atom. The summed E-state index contributed by atoms with van der Waals surface area (Å²) in [5.41, 5.74) is 6.64. The Labute approximate surface area is 226 Å². The predicted molar refractivity (Wildman–Crippen MR) is 148 cm³/mol. The number of amides is 2. The number of ether oxygens (including phenoxy) is 1. The van der Waals surface area contributed by atoms with Gasteiger partial charge < -0.3 is 30.5 Å². The zero-order chi connectivity index (χ0) is 26.4. The van der Waals surface area contributed by atoms with Crippen LogP contribution < -0.4 is 15.8 Å². The van der Waals surface area contributed by atoms with Gasteiger partial charge in [0, 0.05) is 51.4 Å². The van der Waals surface area contributed by atoms with Gasteiger partial charge in [0.15, 0.2) is 0 Å². The lowest BCUT2D eigenvalue weighted by molar-refractivity contribution is -0.127. The second kappa shape index (κ2) is 13.0. The summed E-state index contributed by atoms with van der Waals surface area (Å²) in [6.07, 6.45) is 10.3. The van der Waals surface area contributed by atoms with Crippen LogP contribution in [-0.2, 0) is 4.79 Å². The van der Waals surface area contributed by atoms with Gasteiger partial charge in [-0.15, -0.1) is 0 Å². The van der Waals surface area contributed by atoms with E-state index in [2.05, 4.69) is 28.2 Å². The molecule has 8 nitrogen and oxygen atoms in total. The van der Waals surface area contributed by atoms with Crippen LogP contribution in [0.3, 0.4) is 0 Å². The first kappa shape index (κ1) is 27.7. The number of piperidine rings is 3. The van der Waals surface area contributed by atoms with Gasteiger partial charge in [0.25, 0.3) is 5.91 Å². The van der Waals surface area contributed by atoms with Crippen molar-refractivity contribution in [2.24, 2.45) is 11.8 Å². The number of carbonyl (C=O) groups is 2. The molecule has 1 atom stereocenters. The summed E-state index contributed by atoms with van der Waals surface area (Å²) in [5, 5.41) is 3.49. The summed E-state index contributed by atoms with van der Waals surface area (Å²) in [6.45, 7) is 6.88. The molecule has 204 valence electrons. The minimum absolute atomic E-state index is 0.125. The monoisotopic (exact) mass is 531 g/mol. The highest BCUT2D eigenvalue weighted by Gasteiger charge is 2.27. The van der Waals surface area contributed by atoms with E-state index in [1.54, 1.807) is 12.1 Å². The van der Waals surface area contributed by atoms with Crippen molar-refractivity contribution in [1.29, 1.82) is 0 Å². The van der Waals surface area contributed by atoms with E-state index in [0.717, 1.165) is 71.5 Å². The van der Waals surface area contributed by atoms with E-state index in [4.69, 9.17) is 22.1 Å². The SMILES string of the molecule is COc1cc(N)c(Cl)cc1C(=O)NC1CCN(CC2CCN(C(=O)/C=C/C3CCCN(C)C3)CC2)CC1. The number of hydrogen-bond donors (Lipinski definition) is 2. The first-order chi connectivity index (χ1) is 17.8. The fraction of sp³-hybridized carbons (Fsp3) is 0.643.